The molecule has 3 aromatic heterocycles. The van der Waals surface area contributed by atoms with Gasteiger partial charge in [-0.1, -0.05) is 6.07 Å². The highest BCUT2D eigenvalue weighted by atomic mass is 32.1. The van der Waals surface area contributed by atoms with Crippen LogP contribution >= 0.6 is 11.3 Å². The fourth-order valence-corrected chi connectivity index (χ4v) is 2.89. The number of hydrogen-bond acceptors (Lipinski definition) is 5. The second-order valence-electron chi connectivity index (χ2n) is 5.01. The summed E-state index contributed by atoms with van der Waals surface area (Å²) >= 11 is 1.57. The van der Waals surface area contributed by atoms with E-state index in [2.05, 4.69) is 20.3 Å². The molecule has 0 aromatic carbocycles. The molecule has 0 bridgehead atoms. The molecule has 0 saturated heterocycles. The second-order valence-corrected chi connectivity index (χ2v) is 5.95. The van der Waals surface area contributed by atoms with Gasteiger partial charge in [0.25, 0.3) is 0 Å². The van der Waals surface area contributed by atoms with Crippen LogP contribution in [0.25, 0.3) is 11.3 Å². The standard InChI is InChI=1S/C17H16N4OS/c22-16(20-10-13-3-1-7-18-9-13)5-6-17-21-15(12-23-17)14-4-2-8-19-11-14/h1-4,7-9,11-12H,5-6,10H2,(H,20,22). The van der Waals surface area contributed by atoms with Crippen LogP contribution in [0.5, 0.6) is 0 Å². The maximum atomic E-state index is 11.9. The molecule has 0 spiro atoms. The Morgan fingerprint density at radius 1 is 1.13 bits per heavy atom. The zero-order valence-corrected chi connectivity index (χ0v) is 13.3. The van der Waals surface area contributed by atoms with Crippen molar-refractivity contribution < 1.29 is 4.79 Å². The van der Waals surface area contributed by atoms with Gasteiger partial charge in [0.1, 0.15) is 0 Å². The largest absolute Gasteiger partial charge is 0.352 e. The highest BCUT2D eigenvalue weighted by Crippen LogP contribution is 2.21. The van der Waals surface area contributed by atoms with Gasteiger partial charge in [-0.3, -0.25) is 14.8 Å². The van der Waals surface area contributed by atoms with Crippen LogP contribution in [0.3, 0.4) is 0 Å². The van der Waals surface area contributed by atoms with E-state index in [-0.39, 0.29) is 5.91 Å². The lowest BCUT2D eigenvalue weighted by Crippen LogP contribution is -2.23. The minimum absolute atomic E-state index is 0.0204. The van der Waals surface area contributed by atoms with Crippen LogP contribution < -0.4 is 5.32 Å². The molecule has 0 atom stereocenters. The van der Waals surface area contributed by atoms with E-state index in [1.54, 1.807) is 36.1 Å². The number of amides is 1. The van der Waals surface area contributed by atoms with Crippen molar-refractivity contribution in [2.24, 2.45) is 0 Å². The van der Waals surface area contributed by atoms with E-state index in [4.69, 9.17) is 0 Å². The van der Waals surface area contributed by atoms with Crippen LogP contribution in [0.1, 0.15) is 17.0 Å². The molecular formula is C17H16N4OS. The van der Waals surface area contributed by atoms with E-state index in [1.165, 1.54) is 0 Å². The summed E-state index contributed by atoms with van der Waals surface area (Å²) < 4.78 is 0. The summed E-state index contributed by atoms with van der Waals surface area (Å²) in [6.45, 7) is 0.505. The Morgan fingerprint density at radius 3 is 2.70 bits per heavy atom. The van der Waals surface area contributed by atoms with Crippen molar-refractivity contribution in [1.82, 2.24) is 20.3 Å². The Hall–Kier alpha value is -2.60. The molecule has 116 valence electrons. The zero-order valence-electron chi connectivity index (χ0n) is 12.5. The van der Waals surface area contributed by atoms with Crippen LogP contribution in [-0.4, -0.2) is 20.9 Å². The van der Waals surface area contributed by atoms with E-state index in [0.29, 0.717) is 19.4 Å². The molecule has 1 N–H and O–H groups in total. The zero-order chi connectivity index (χ0) is 15.9. The lowest BCUT2D eigenvalue weighted by molar-refractivity contribution is -0.121. The van der Waals surface area contributed by atoms with Gasteiger partial charge in [-0.25, -0.2) is 4.98 Å². The normalized spacial score (nSPS) is 10.4. The topological polar surface area (TPSA) is 67.8 Å². The maximum absolute atomic E-state index is 11.9. The first-order valence-electron chi connectivity index (χ1n) is 7.31. The van der Waals surface area contributed by atoms with Crippen molar-refractivity contribution in [3.05, 3.63) is 65.0 Å². The van der Waals surface area contributed by atoms with Crippen LogP contribution in [0.2, 0.25) is 0 Å². The molecule has 0 aliphatic carbocycles. The number of nitrogens with zero attached hydrogens (tertiary/aromatic N) is 3. The quantitative estimate of drug-likeness (QED) is 0.757. The van der Waals surface area contributed by atoms with Crippen LogP contribution in [0, 0.1) is 0 Å². The number of nitrogens with one attached hydrogen (secondary N) is 1. The SMILES string of the molecule is O=C(CCc1nc(-c2cccnc2)cs1)NCc1cccnc1. The number of hydrogen-bond donors (Lipinski definition) is 1. The molecule has 3 aromatic rings. The molecule has 0 aliphatic heterocycles. The van der Waals surface area contributed by atoms with E-state index < -0.39 is 0 Å². The van der Waals surface area contributed by atoms with Gasteiger partial charge < -0.3 is 5.32 Å². The number of carbonyl (C=O) groups excluding carboxylic acids is 1. The molecule has 3 heterocycles. The Labute approximate surface area is 138 Å². The highest BCUT2D eigenvalue weighted by molar-refractivity contribution is 7.09. The summed E-state index contributed by atoms with van der Waals surface area (Å²) in [5.41, 5.74) is 2.90. The monoisotopic (exact) mass is 324 g/mol. The summed E-state index contributed by atoms with van der Waals surface area (Å²) in [7, 11) is 0. The fraction of sp³-hybridized carbons (Fsp3) is 0.176. The summed E-state index contributed by atoms with van der Waals surface area (Å²) in [6, 6.07) is 7.66. The third-order valence-corrected chi connectivity index (χ3v) is 4.20. The number of pyridine rings is 2. The molecule has 0 saturated carbocycles. The van der Waals surface area contributed by atoms with Gasteiger partial charge in [0.05, 0.1) is 10.7 Å². The third kappa shape index (κ3) is 4.43. The van der Waals surface area contributed by atoms with Crippen molar-refractivity contribution in [1.29, 1.82) is 0 Å². The van der Waals surface area contributed by atoms with Gasteiger partial charge in [0.15, 0.2) is 0 Å². The highest BCUT2D eigenvalue weighted by Gasteiger charge is 2.07. The van der Waals surface area contributed by atoms with Gasteiger partial charge in [0, 0.05) is 55.1 Å². The molecule has 5 nitrogen and oxygen atoms in total. The van der Waals surface area contributed by atoms with Crippen LogP contribution in [0.4, 0.5) is 0 Å². The summed E-state index contributed by atoms with van der Waals surface area (Å²) in [6.07, 6.45) is 8.07. The molecule has 23 heavy (non-hydrogen) atoms. The van der Waals surface area contributed by atoms with Crippen molar-refractivity contribution in [2.75, 3.05) is 0 Å². The first kappa shape index (κ1) is 15.3. The van der Waals surface area contributed by atoms with Gasteiger partial charge in [0.2, 0.25) is 5.91 Å². The predicted molar refractivity (Wildman–Crippen MR) is 89.7 cm³/mol. The van der Waals surface area contributed by atoms with Gasteiger partial charge in [-0.2, -0.15) is 0 Å². The first-order valence-corrected chi connectivity index (χ1v) is 8.19. The minimum Gasteiger partial charge on any atom is -0.352 e. The average Bonchev–Trinajstić information content (AvgIpc) is 3.09. The van der Waals surface area contributed by atoms with E-state index in [9.17, 15) is 4.79 Å². The molecule has 0 aliphatic rings. The number of rotatable bonds is 6. The molecule has 0 fully saturated rings. The molecular weight excluding hydrogens is 308 g/mol. The van der Waals surface area contributed by atoms with Gasteiger partial charge >= 0.3 is 0 Å². The summed E-state index contributed by atoms with van der Waals surface area (Å²) in [5, 5.41) is 5.85. The summed E-state index contributed by atoms with van der Waals surface area (Å²) in [5.74, 6) is 0.0204. The minimum atomic E-state index is 0.0204. The van der Waals surface area contributed by atoms with Gasteiger partial charge in [-0.15, -0.1) is 11.3 Å². The van der Waals surface area contributed by atoms with Crippen molar-refractivity contribution in [3.63, 3.8) is 0 Å². The molecule has 0 radical (unpaired) electrons. The second kappa shape index (κ2) is 7.60. The Bertz CT molecular complexity index is 759. The lowest BCUT2D eigenvalue weighted by Gasteiger charge is -2.03. The van der Waals surface area contributed by atoms with E-state index in [1.807, 2.05) is 29.6 Å². The van der Waals surface area contributed by atoms with Gasteiger partial charge in [-0.05, 0) is 23.8 Å². The van der Waals surface area contributed by atoms with Crippen molar-refractivity contribution in [3.8, 4) is 11.3 Å². The Morgan fingerprint density at radius 2 is 1.96 bits per heavy atom. The maximum Gasteiger partial charge on any atom is 0.220 e. The number of carbonyl (C=O) groups is 1. The van der Waals surface area contributed by atoms with E-state index in [0.717, 1.165) is 21.8 Å². The predicted octanol–water partition coefficient (Wildman–Crippen LogP) is 2.85. The number of aryl methyl sites for hydroxylation is 1. The average molecular weight is 324 g/mol. The summed E-state index contributed by atoms with van der Waals surface area (Å²) in [4.78, 5) is 24.6. The smallest absolute Gasteiger partial charge is 0.220 e. The number of aromatic nitrogens is 3. The third-order valence-electron chi connectivity index (χ3n) is 3.29. The van der Waals surface area contributed by atoms with Crippen LogP contribution in [-0.2, 0) is 17.8 Å². The van der Waals surface area contributed by atoms with Crippen molar-refractivity contribution in [2.45, 2.75) is 19.4 Å². The first-order chi connectivity index (χ1) is 11.3. The molecule has 6 heteroatoms. The fourth-order valence-electron chi connectivity index (χ4n) is 2.08. The Kier molecular flexibility index (Phi) is 5.06. The molecule has 1 amide bonds. The van der Waals surface area contributed by atoms with Crippen molar-refractivity contribution >= 4 is 17.2 Å². The molecule has 3 rings (SSSR count). The van der Waals surface area contributed by atoms with Crippen LogP contribution in [0.15, 0.2) is 54.4 Å². The lowest BCUT2D eigenvalue weighted by atomic mass is 10.2. The van der Waals surface area contributed by atoms with E-state index >= 15 is 0 Å². The Balaban J connectivity index is 1.49. The molecule has 0 unspecified atom stereocenters. The number of thiazole rings is 1.